The number of aryl methyl sites for hydroxylation is 1. The van der Waals surface area contributed by atoms with Crippen molar-refractivity contribution in [1.29, 1.82) is 5.26 Å². The first-order valence-corrected chi connectivity index (χ1v) is 8.92. The zero-order valence-corrected chi connectivity index (χ0v) is 15.7. The highest BCUT2D eigenvalue weighted by Gasteiger charge is 2.21. The molecule has 0 aliphatic rings. The molecule has 0 aliphatic carbocycles. The van der Waals surface area contributed by atoms with Gasteiger partial charge in [-0.05, 0) is 31.5 Å². The summed E-state index contributed by atoms with van der Waals surface area (Å²) >= 11 is 0.866. The predicted octanol–water partition coefficient (Wildman–Crippen LogP) is 2.50. The van der Waals surface area contributed by atoms with Gasteiger partial charge >= 0.3 is 5.97 Å². The molecule has 146 valence electrons. The van der Waals surface area contributed by atoms with Crippen LogP contribution in [0.2, 0.25) is 0 Å². The number of rotatable bonds is 6. The second-order valence-electron chi connectivity index (χ2n) is 5.64. The van der Waals surface area contributed by atoms with Crippen molar-refractivity contribution in [3.63, 3.8) is 0 Å². The van der Waals surface area contributed by atoms with Crippen molar-refractivity contribution in [3.8, 4) is 6.07 Å². The Kier molecular flexibility index (Phi) is 6.89. The smallest absolute Gasteiger partial charge is 0.317 e. The number of H-pyrrole nitrogens is 1. The molecule has 0 bridgehead atoms. The van der Waals surface area contributed by atoms with Crippen LogP contribution in [0, 0.1) is 29.9 Å². The molecule has 1 atom stereocenters. The zero-order valence-electron chi connectivity index (χ0n) is 14.8. The highest BCUT2D eigenvalue weighted by molar-refractivity contribution is 7.99. The molecule has 0 radical (unpaired) electrons. The molecule has 10 heteroatoms. The van der Waals surface area contributed by atoms with E-state index in [2.05, 4.69) is 4.98 Å². The maximum atomic E-state index is 13.6. The Bertz CT molecular complexity index is 997. The van der Waals surface area contributed by atoms with E-state index >= 15 is 0 Å². The molecule has 2 N–H and O–H groups in total. The van der Waals surface area contributed by atoms with E-state index in [1.54, 1.807) is 6.92 Å². The van der Waals surface area contributed by atoms with E-state index in [-0.39, 0.29) is 16.3 Å². The second kappa shape index (κ2) is 9.14. The zero-order chi connectivity index (χ0) is 20.8. The lowest BCUT2D eigenvalue weighted by molar-refractivity contribution is -0.150. The number of aromatic amines is 1. The monoisotopic (exact) mass is 407 g/mol. The van der Waals surface area contributed by atoms with Gasteiger partial charge in [-0.2, -0.15) is 5.26 Å². The molecule has 0 unspecified atom stereocenters. The van der Waals surface area contributed by atoms with E-state index in [0.717, 1.165) is 30.0 Å². The van der Waals surface area contributed by atoms with Gasteiger partial charge in [-0.1, -0.05) is 17.8 Å². The van der Waals surface area contributed by atoms with E-state index in [4.69, 9.17) is 10.00 Å². The van der Waals surface area contributed by atoms with Gasteiger partial charge < -0.3 is 15.0 Å². The summed E-state index contributed by atoms with van der Waals surface area (Å²) in [6, 6.07) is 6.28. The van der Waals surface area contributed by atoms with Crippen molar-refractivity contribution in [1.82, 2.24) is 4.98 Å². The quantitative estimate of drug-likeness (QED) is 0.562. The van der Waals surface area contributed by atoms with Crippen LogP contribution in [0.3, 0.4) is 0 Å². The third-order valence-electron chi connectivity index (χ3n) is 3.54. The summed E-state index contributed by atoms with van der Waals surface area (Å²) in [4.78, 5) is 37.9. The topological polar surface area (TPSA) is 112 Å². The summed E-state index contributed by atoms with van der Waals surface area (Å²) < 4.78 is 32.0. The number of hydrogen-bond acceptors (Lipinski definition) is 6. The highest BCUT2D eigenvalue weighted by atomic mass is 32.2. The summed E-state index contributed by atoms with van der Waals surface area (Å²) in [5.41, 5.74) is -0.382. The number of thioether (sulfide) groups is 1. The summed E-state index contributed by atoms with van der Waals surface area (Å²) in [5, 5.41) is 11.4. The molecule has 0 saturated heterocycles. The van der Waals surface area contributed by atoms with Crippen molar-refractivity contribution in [2.75, 3.05) is 11.1 Å². The van der Waals surface area contributed by atoms with Crippen LogP contribution in [0.15, 0.2) is 34.1 Å². The number of para-hydroxylation sites is 1. The number of nitrogens with zero attached hydrogens (tertiary/aromatic N) is 1. The fourth-order valence-electron chi connectivity index (χ4n) is 2.16. The number of aromatic nitrogens is 1. The molecule has 2 rings (SSSR count). The van der Waals surface area contributed by atoms with Crippen molar-refractivity contribution >= 4 is 29.3 Å². The van der Waals surface area contributed by atoms with Gasteiger partial charge in [0.2, 0.25) is 5.56 Å². The number of halogens is 2. The Balaban J connectivity index is 1.97. The minimum Gasteiger partial charge on any atom is -0.452 e. The molecule has 2 aromatic rings. The van der Waals surface area contributed by atoms with Gasteiger partial charge in [0.1, 0.15) is 23.4 Å². The van der Waals surface area contributed by atoms with Crippen molar-refractivity contribution < 1.29 is 23.1 Å². The average molecular weight is 407 g/mol. The van der Waals surface area contributed by atoms with E-state index in [0.29, 0.717) is 5.56 Å². The van der Waals surface area contributed by atoms with Gasteiger partial charge in [0, 0.05) is 6.07 Å². The lowest BCUT2D eigenvalue weighted by atomic mass is 10.2. The Morgan fingerprint density at radius 3 is 2.61 bits per heavy atom. The number of nitriles is 1. The molecule has 0 aliphatic heterocycles. The summed E-state index contributed by atoms with van der Waals surface area (Å²) in [7, 11) is 0. The number of ether oxygens (including phenoxy) is 1. The van der Waals surface area contributed by atoms with Crippen LogP contribution in [0.4, 0.5) is 14.5 Å². The first-order valence-electron chi connectivity index (χ1n) is 7.94. The third kappa shape index (κ3) is 5.17. The van der Waals surface area contributed by atoms with Crippen molar-refractivity contribution in [2.24, 2.45) is 0 Å². The number of amides is 1. The number of hydrogen-bond donors (Lipinski definition) is 2. The van der Waals surface area contributed by atoms with E-state index < -0.39 is 40.9 Å². The maximum absolute atomic E-state index is 13.6. The third-order valence-corrected chi connectivity index (χ3v) is 4.52. The molecule has 1 amide bonds. The van der Waals surface area contributed by atoms with Gasteiger partial charge in [0.05, 0.1) is 16.3 Å². The second-order valence-corrected chi connectivity index (χ2v) is 6.62. The van der Waals surface area contributed by atoms with E-state index in [1.807, 2.05) is 11.4 Å². The Morgan fingerprint density at radius 1 is 1.36 bits per heavy atom. The van der Waals surface area contributed by atoms with Crippen LogP contribution in [0.1, 0.15) is 18.1 Å². The molecule has 28 heavy (non-hydrogen) atoms. The minimum atomic E-state index is -1.32. The number of carbonyl (C=O) groups excluding carboxylic acids is 2. The van der Waals surface area contributed by atoms with Crippen LogP contribution >= 0.6 is 11.8 Å². The minimum absolute atomic E-state index is 0.204. The standard InChI is InChI=1S/C18H15F2N3O4S/c1-9-6-14(24)22-18(11(9)7-21)28-8-15(25)27-10(2)17(26)23-16-12(19)4-3-5-13(16)20/h3-6,10H,8H2,1-2H3,(H,22,24)(H,23,26)/t10-/m0/s1. The number of esters is 1. The van der Waals surface area contributed by atoms with Gasteiger partial charge in [-0.25, -0.2) is 8.78 Å². The van der Waals surface area contributed by atoms with Gasteiger partial charge in [0.25, 0.3) is 5.91 Å². The first-order chi connectivity index (χ1) is 13.2. The predicted molar refractivity (Wildman–Crippen MR) is 97.8 cm³/mol. The summed E-state index contributed by atoms with van der Waals surface area (Å²) in [6.07, 6.45) is -1.32. The molecule has 0 spiro atoms. The molecular weight excluding hydrogens is 392 g/mol. The van der Waals surface area contributed by atoms with Crippen LogP contribution in [0.25, 0.3) is 0 Å². The number of anilines is 1. The van der Waals surface area contributed by atoms with Crippen LogP contribution in [-0.2, 0) is 14.3 Å². The molecular formula is C18H15F2N3O4S. The Morgan fingerprint density at radius 2 is 2.00 bits per heavy atom. The number of nitrogens with one attached hydrogen (secondary N) is 2. The number of benzene rings is 1. The largest absolute Gasteiger partial charge is 0.452 e. The first kappa shape index (κ1) is 21.1. The average Bonchev–Trinajstić information content (AvgIpc) is 2.62. The van der Waals surface area contributed by atoms with Crippen molar-refractivity contribution in [3.05, 3.63) is 57.4 Å². The lowest BCUT2D eigenvalue weighted by Gasteiger charge is -2.14. The normalized spacial score (nSPS) is 11.4. The molecule has 7 nitrogen and oxygen atoms in total. The molecule has 1 aromatic heterocycles. The molecule has 0 saturated carbocycles. The fraction of sp³-hybridized carbons (Fsp3) is 0.222. The van der Waals surface area contributed by atoms with Gasteiger partial charge in [-0.15, -0.1) is 0 Å². The van der Waals surface area contributed by atoms with Crippen LogP contribution in [-0.4, -0.2) is 28.7 Å². The molecule has 1 heterocycles. The number of carbonyl (C=O) groups is 2. The highest BCUT2D eigenvalue weighted by Crippen LogP contribution is 2.21. The van der Waals surface area contributed by atoms with E-state index in [1.165, 1.54) is 13.0 Å². The van der Waals surface area contributed by atoms with Gasteiger partial charge in [0.15, 0.2) is 6.10 Å². The fourth-order valence-corrected chi connectivity index (χ4v) is 3.02. The van der Waals surface area contributed by atoms with Gasteiger partial charge in [-0.3, -0.25) is 14.4 Å². The summed E-state index contributed by atoms with van der Waals surface area (Å²) in [6.45, 7) is 2.83. The lowest BCUT2D eigenvalue weighted by Crippen LogP contribution is -2.31. The Labute approximate surface area is 162 Å². The Hall–Kier alpha value is -3.19. The summed E-state index contributed by atoms with van der Waals surface area (Å²) in [5.74, 6) is -3.94. The molecule has 0 fully saturated rings. The van der Waals surface area contributed by atoms with Crippen LogP contribution < -0.4 is 10.9 Å². The number of pyridine rings is 1. The SMILES string of the molecule is Cc1cc(=O)[nH]c(SCC(=O)O[C@@H](C)C(=O)Nc2c(F)cccc2F)c1C#N. The molecule has 1 aromatic carbocycles. The van der Waals surface area contributed by atoms with Crippen LogP contribution in [0.5, 0.6) is 0 Å². The van der Waals surface area contributed by atoms with Crippen molar-refractivity contribution in [2.45, 2.75) is 25.0 Å². The maximum Gasteiger partial charge on any atom is 0.317 e. The van der Waals surface area contributed by atoms with E-state index in [9.17, 15) is 23.2 Å².